The summed E-state index contributed by atoms with van der Waals surface area (Å²) in [6.45, 7) is 4.48. The molecule has 0 spiro atoms. The van der Waals surface area contributed by atoms with Crippen LogP contribution >= 0.6 is 0 Å². The van der Waals surface area contributed by atoms with Crippen LogP contribution in [0.25, 0.3) is 0 Å². The number of carbonyl (C=O) groups is 1. The highest BCUT2D eigenvalue weighted by Gasteiger charge is 2.44. The van der Waals surface area contributed by atoms with E-state index < -0.39 is 11.7 Å². The summed E-state index contributed by atoms with van der Waals surface area (Å²) < 4.78 is 38.1. The van der Waals surface area contributed by atoms with Crippen LogP contribution in [0.1, 0.15) is 56.1 Å². The fourth-order valence-electron chi connectivity index (χ4n) is 5.24. The molecule has 4 rings (SSSR count). The van der Waals surface area contributed by atoms with E-state index in [2.05, 4.69) is 9.80 Å². The Balaban J connectivity index is 1.24. The second-order valence-corrected chi connectivity index (χ2v) is 9.53. The van der Waals surface area contributed by atoms with Gasteiger partial charge in [-0.3, -0.25) is 9.69 Å². The average molecular weight is 424 g/mol. The molecule has 1 amide bonds. The predicted molar refractivity (Wildman–Crippen MR) is 110 cm³/mol. The number of carbonyl (C=O) groups excluding carboxylic acids is 1. The third-order valence-electron chi connectivity index (χ3n) is 7.42. The highest BCUT2D eigenvalue weighted by atomic mass is 19.4. The van der Waals surface area contributed by atoms with Crippen molar-refractivity contribution < 1.29 is 18.0 Å². The normalized spacial score (nSPS) is 24.1. The Labute approximate surface area is 176 Å². The molecule has 3 fully saturated rings. The molecule has 166 valence electrons. The zero-order chi connectivity index (χ0) is 21.4. The number of likely N-dealkylation sites (tertiary alicyclic amines) is 2. The summed E-state index contributed by atoms with van der Waals surface area (Å²) in [5.74, 6) is 0.595. The summed E-state index contributed by atoms with van der Waals surface area (Å²) in [6, 6.07) is 6.04. The molecule has 7 heteroatoms. The molecule has 30 heavy (non-hydrogen) atoms. The minimum absolute atomic E-state index is 0.111. The number of primary amides is 1. The van der Waals surface area contributed by atoms with E-state index in [0.717, 1.165) is 63.8 Å². The highest BCUT2D eigenvalue weighted by Crippen LogP contribution is 2.46. The average Bonchev–Trinajstić information content (AvgIpc) is 3.53. The van der Waals surface area contributed by atoms with Crippen molar-refractivity contribution in [2.75, 3.05) is 26.2 Å². The molecular formula is C23H32F3N3O. The number of halogens is 3. The van der Waals surface area contributed by atoms with Crippen LogP contribution in [0.5, 0.6) is 0 Å². The lowest BCUT2D eigenvalue weighted by Gasteiger charge is -2.45. The van der Waals surface area contributed by atoms with Gasteiger partial charge in [0.25, 0.3) is 0 Å². The first kappa shape index (κ1) is 21.6. The number of nitrogens with zero attached hydrogens (tertiary/aromatic N) is 2. The number of hydrogen-bond acceptors (Lipinski definition) is 3. The summed E-state index contributed by atoms with van der Waals surface area (Å²) in [7, 11) is 0. The van der Waals surface area contributed by atoms with E-state index in [4.69, 9.17) is 5.73 Å². The maximum absolute atomic E-state index is 12.7. The van der Waals surface area contributed by atoms with Gasteiger partial charge in [-0.1, -0.05) is 25.0 Å². The van der Waals surface area contributed by atoms with Crippen LogP contribution < -0.4 is 5.73 Å². The molecule has 2 saturated heterocycles. The number of nitrogens with two attached hydrogens (primary N) is 1. The van der Waals surface area contributed by atoms with Crippen molar-refractivity contribution in [3.8, 4) is 0 Å². The molecule has 2 aliphatic heterocycles. The molecule has 1 aromatic carbocycles. The monoisotopic (exact) mass is 423 g/mol. The maximum atomic E-state index is 12.7. The lowest BCUT2D eigenvalue weighted by Crippen LogP contribution is -2.52. The van der Waals surface area contributed by atoms with Gasteiger partial charge in [-0.15, -0.1) is 0 Å². The van der Waals surface area contributed by atoms with E-state index in [1.807, 2.05) is 0 Å². The van der Waals surface area contributed by atoms with Gasteiger partial charge in [-0.05, 0) is 81.9 Å². The zero-order valence-electron chi connectivity index (χ0n) is 17.5. The number of piperidine rings is 2. The fraction of sp³-hybridized carbons (Fsp3) is 0.696. The molecular weight excluding hydrogens is 391 g/mol. The second kappa shape index (κ2) is 8.50. The largest absolute Gasteiger partial charge is 0.416 e. The van der Waals surface area contributed by atoms with Gasteiger partial charge in [-0.25, -0.2) is 0 Å². The van der Waals surface area contributed by atoms with Crippen LogP contribution in [-0.4, -0.2) is 47.9 Å². The minimum atomic E-state index is -4.28. The van der Waals surface area contributed by atoms with Gasteiger partial charge < -0.3 is 10.6 Å². The van der Waals surface area contributed by atoms with Crippen LogP contribution in [0.4, 0.5) is 13.2 Å². The fourth-order valence-corrected chi connectivity index (χ4v) is 5.24. The standard InChI is InChI=1S/C23H32F3N3O/c24-23(25,26)19-5-3-18(4-6-19)16-28-11-7-20(8-12-28)29-13-9-22(10-14-29,21(27)30)15-17-1-2-17/h3-6,17,20H,1-2,7-16H2,(H2,27,30). The Kier molecular flexibility index (Phi) is 6.13. The van der Waals surface area contributed by atoms with Crippen molar-refractivity contribution in [3.05, 3.63) is 35.4 Å². The number of rotatable bonds is 6. The van der Waals surface area contributed by atoms with Gasteiger partial charge in [0, 0.05) is 12.6 Å². The zero-order valence-corrected chi connectivity index (χ0v) is 17.5. The summed E-state index contributed by atoms with van der Waals surface area (Å²) in [5.41, 5.74) is 5.84. The molecule has 0 atom stereocenters. The number of hydrogen-bond donors (Lipinski definition) is 1. The minimum Gasteiger partial charge on any atom is -0.369 e. The van der Waals surface area contributed by atoms with Crippen molar-refractivity contribution in [2.24, 2.45) is 17.1 Å². The molecule has 4 nitrogen and oxygen atoms in total. The van der Waals surface area contributed by atoms with E-state index in [0.29, 0.717) is 18.5 Å². The SMILES string of the molecule is NC(=O)C1(CC2CC2)CCN(C2CCN(Cc3ccc(C(F)(F)F)cc3)CC2)CC1. The van der Waals surface area contributed by atoms with E-state index in [1.165, 1.54) is 25.0 Å². The smallest absolute Gasteiger partial charge is 0.369 e. The first-order valence-electron chi connectivity index (χ1n) is 11.2. The van der Waals surface area contributed by atoms with Gasteiger partial charge in [0.2, 0.25) is 5.91 Å². The quantitative estimate of drug-likeness (QED) is 0.751. The van der Waals surface area contributed by atoms with Gasteiger partial charge in [-0.2, -0.15) is 13.2 Å². The topological polar surface area (TPSA) is 49.6 Å². The molecule has 1 aliphatic carbocycles. The molecule has 0 bridgehead atoms. The van der Waals surface area contributed by atoms with Crippen LogP contribution in [0, 0.1) is 11.3 Å². The Morgan fingerprint density at radius 2 is 1.60 bits per heavy atom. The lowest BCUT2D eigenvalue weighted by molar-refractivity contribution is -0.137. The first-order valence-corrected chi connectivity index (χ1v) is 11.2. The van der Waals surface area contributed by atoms with Gasteiger partial charge >= 0.3 is 6.18 Å². The number of benzene rings is 1. The van der Waals surface area contributed by atoms with Crippen LogP contribution in [0.3, 0.4) is 0 Å². The van der Waals surface area contributed by atoms with Crippen LogP contribution in [-0.2, 0) is 17.5 Å². The molecule has 1 saturated carbocycles. The van der Waals surface area contributed by atoms with Crippen LogP contribution in [0.2, 0.25) is 0 Å². The van der Waals surface area contributed by atoms with Crippen molar-refractivity contribution >= 4 is 5.91 Å². The Hall–Kier alpha value is -1.60. The van der Waals surface area contributed by atoms with Crippen molar-refractivity contribution in [1.82, 2.24) is 9.80 Å². The van der Waals surface area contributed by atoms with E-state index in [1.54, 1.807) is 12.1 Å². The summed E-state index contributed by atoms with van der Waals surface area (Å²) in [6.07, 6.45) is 3.07. The first-order chi connectivity index (χ1) is 14.2. The van der Waals surface area contributed by atoms with Crippen molar-refractivity contribution in [2.45, 2.75) is 63.7 Å². The number of alkyl halides is 3. The second-order valence-electron chi connectivity index (χ2n) is 9.53. The van der Waals surface area contributed by atoms with Crippen molar-refractivity contribution in [3.63, 3.8) is 0 Å². The van der Waals surface area contributed by atoms with E-state index in [-0.39, 0.29) is 11.3 Å². The summed E-state index contributed by atoms with van der Waals surface area (Å²) >= 11 is 0. The predicted octanol–water partition coefficient (Wildman–Crippen LogP) is 4.04. The molecule has 1 aromatic rings. The third kappa shape index (κ3) is 4.99. The lowest BCUT2D eigenvalue weighted by atomic mass is 9.73. The summed E-state index contributed by atoms with van der Waals surface area (Å²) in [5, 5.41) is 0. The molecule has 0 aromatic heterocycles. The van der Waals surface area contributed by atoms with Crippen LogP contribution in [0.15, 0.2) is 24.3 Å². The molecule has 3 aliphatic rings. The molecule has 0 radical (unpaired) electrons. The van der Waals surface area contributed by atoms with E-state index >= 15 is 0 Å². The maximum Gasteiger partial charge on any atom is 0.416 e. The Morgan fingerprint density at radius 1 is 1.00 bits per heavy atom. The molecule has 2 N–H and O–H groups in total. The van der Waals surface area contributed by atoms with E-state index in [9.17, 15) is 18.0 Å². The van der Waals surface area contributed by atoms with Crippen molar-refractivity contribution in [1.29, 1.82) is 0 Å². The highest BCUT2D eigenvalue weighted by molar-refractivity contribution is 5.81. The van der Waals surface area contributed by atoms with Gasteiger partial charge in [0.05, 0.1) is 11.0 Å². The Bertz CT molecular complexity index is 729. The number of amides is 1. The summed E-state index contributed by atoms with van der Waals surface area (Å²) in [4.78, 5) is 17.0. The van der Waals surface area contributed by atoms with Gasteiger partial charge in [0.1, 0.15) is 0 Å². The Morgan fingerprint density at radius 3 is 2.10 bits per heavy atom. The van der Waals surface area contributed by atoms with Gasteiger partial charge in [0.15, 0.2) is 0 Å². The molecule has 2 heterocycles. The third-order valence-corrected chi connectivity index (χ3v) is 7.42. The molecule has 0 unspecified atom stereocenters.